The van der Waals surface area contributed by atoms with Crippen molar-refractivity contribution in [3.63, 3.8) is 0 Å². The van der Waals surface area contributed by atoms with E-state index in [2.05, 4.69) is 4.98 Å². The summed E-state index contributed by atoms with van der Waals surface area (Å²) in [6.07, 6.45) is 6.19. The van der Waals surface area contributed by atoms with Crippen molar-refractivity contribution in [1.82, 2.24) is 14.5 Å². The molecule has 1 saturated carbocycles. The molecule has 0 saturated heterocycles. The predicted molar refractivity (Wildman–Crippen MR) is 122 cm³/mol. The highest BCUT2D eigenvalue weighted by Gasteiger charge is 2.31. The van der Waals surface area contributed by atoms with Gasteiger partial charge in [0.15, 0.2) is 5.78 Å². The number of nitrogens with zero attached hydrogens (tertiary/aromatic N) is 3. The van der Waals surface area contributed by atoms with E-state index in [1.807, 2.05) is 25.1 Å². The molecule has 3 rings (SSSR count). The van der Waals surface area contributed by atoms with E-state index in [-0.39, 0.29) is 30.8 Å². The zero-order valence-corrected chi connectivity index (χ0v) is 19.5. The molecule has 2 aromatic heterocycles. The van der Waals surface area contributed by atoms with Crippen LogP contribution in [0.15, 0.2) is 24.4 Å². The number of aromatic nitrogens is 2. The van der Waals surface area contributed by atoms with Crippen molar-refractivity contribution in [3.8, 4) is 0 Å². The number of amides is 1. The van der Waals surface area contributed by atoms with Crippen LogP contribution >= 0.6 is 0 Å². The number of hydrogen-bond donors (Lipinski definition) is 0. The lowest BCUT2D eigenvalue weighted by Gasteiger charge is -2.25. The van der Waals surface area contributed by atoms with E-state index < -0.39 is 5.97 Å². The first kappa shape index (κ1) is 23.7. The quantitative estimate of drug-likeness (QED) is 0.440. The Labute approximate surface area is 189 Å². The fraction of sp³-hybridized carbons (Fsp3) is 0.520. The van der Waals surface area contributed by atoms with E-state index in [9.17, 15) is 14.4 Å². The number of pyridine rings is 1. The smallest absolute Gasteiger partial charge is 0.355 e. The molecule has 32 heavy (non-hydrogen) atoms. The van der Waals surface area contributed by atoms with Gasteiger partial charge in [0.1, 0.15) is 5.69 Å². The summed E-state index contributed by atoms with van der Waals surface area (Å²) in [4.78, 5) is 45.1. The van der Waals surface area contributed by atoms with Crippen molar-refractivity contribution in [2.45, 2.75) is 52.9 Å². The standard InChI is InChI=1S/C25H33N3O4/c1-5-32-25(31)23-17(2)22(18(3)27(23)4)21(29)16-28(24(30)19-10-6-7-11-19)15-13-20-12-8-9-14-26-20/h8-9,12,14,19H,5-7,10-11,13,15-16H2,1-4H3. The lowest BCUT2D eigenvalue weighted by Crippen LogP contribution is -2.40. The molecule has 0 aromatic carbocycles. The summed E-state index contributed by atoms with van der Waals surface area (Å²) in [6.45, 7) is 6.04. The van der Waals surface area contributed by atoms with Crippen molar-refractivity contribution in [1.29, 1.82) is 0 Å². The zero-order chi connectivity index (χ0) is 23.3. The maximum atomic E-state index is 13.4. The van der Waals surface area contributed by atoms with Crippen LogP contribution in [0.2, 0.25) is 0 Å². The molecular weight excluding hydrogens is 406 g/mol. The predicted octanol–water partition coefficient (Wildman–Crippen LogP) is 3.66. The number of esters is 1. The van der Waals surface area contributed by atoms with Crippen molar-refractivity contribution in [2.24, 2.45) is 13.0 Å². The highest BCUT2D eigenvalue weighted by Crippen LogP contribution is 2.28. The molecule has 172 valence electrons. The van der Waals surface area contributed by atoms with Crippen LogP contribution in [0.1, 0.15) is 70.4 Å². The monoisotopic (exact) mass is 439 g/mol. The zero-order valence-electron chi connectivity index (χ0n) is 19.5. The van der Waals surface area contributed by atoms with Crippen LogP contribution in [0.25, 0.3) is 0 Å². The van der Waals surface area contributed by atoms with Gasteiger partial charge in [0, 0.05) is 49.1 Å². The third-order valence-electron chi connectivity index (χ3n) is 6.39. The van der Waals surface area contributed by atoms with Gasteiger partial charge in [0.05, 0.1) is 13.2 Å². The largest absolute Gasteiger partial charge is 0.461 e. The van der Waals surface area contributed by atoms with Crippen LogP contribution in [-0.2, 0) is 23.0 Å². The van der Waals surface area contributed by atoms with Gasteiger partial charge in [0.2, 0.25) is 5.91 Å². The lowest BCUT2D eigenvalue weighted by atomic mass is 10.0. The third-order valence-corrected chi connectivity index (χ3v) is 6.39. The summed E-state index contributed by atoms with van der Waals surface area (Å²) in [7, 11) is 1.76. The van der Waals surface area contributed by atoms with Gasteiger partial charge in [-0.15, -0.1) is 0 Å². The topological polar surface area (TPSA) is 81.5 Å². The Morgan fingerprint density at radius 2 is 1.91 bits per heavy atom. The number of hydrogen-bond acceptors (Lipinski definition) is 5. The molecule has 1 aliphatic carbocycles. The van der Waals surface area contributed by atoms with E-state index in [1.54, 1.807) is 36.6 Å². The third kappa shape index (κ3) is 5.09. The van der Waals surface area contributed by atoms with E-state index in [4.69, 9.17) is 4.74 Å². The number of ketones is 1. The van der Waals surface area contributed by atoms with Gasteiger partial charge in [-0.2, -0.15) is 0 Å². The fourth-order valence-corrected chi connectivity index (χ4v) is 4.62. The molecule has 2 heterocycles. The number of rotatable bonds is 9. The summed E-state index contributed by atoms with van der Waals surface area (Å²) < 4.78 is 6.88. The molecule has 0 aliphatic heterocycles. The van der Waals surface area contributed by atoms with Gasteiger partial charge < -0.3 is 14.2 Å². The minimum Gasteiger partial charge on any atom is -0.461 e. The van der Waals surface area contributed by atoms with E-state index >= 15 is 0 Å². The first-order chi connectivity index (χ1) is 15.3. The van der Waals surface area contributed by atoms with Crippen LogP contribution in [0, 0.1) is 19.8 Å². The molecule has 0 N–H and O–H groups in total. The summed E-state index contributed by atoms with van der Waals surface area (Å²) >= 11 is 0. The normalized spacial score (nSPS) is 13.9. The van der Waals surface area contributed by atoms with Crippen molar-refractivity contribution >= 4 is 17.7 Å². The second-order valence-electron chi connectivity index (χ2n) is 8.45. The average molecular weight is 440 g/mol. The molecule has 7 heteroatoms. The summed E-state index contributed by atoms with van der Waals surface area (Å²) in [5.41, 5.74) is 3.08. The molecule has 2 aromatic rings. The van der Waals surface area contributed by atoms with Crippen molar-refractivity contribution in [2.75, 3.05) is 19.7 Å². The Hall–Kier alpha value is -2.96. The number of carbonyl (C=O) groups excluding carboxylic acids is 3. The number of ether oxygens (including phenoxy) is 1. The van der Waals surface area contributed by atoms with Crippen LogP contribution < -0.4 is 0 Å². The molecule has 1 fully saturated rings. The van der Waals surface area contributed by atoms with Crippen molar-refractivity contribution in [3.05, 3.63) is 52.6 Å². The second kappa shape index (κ2) is 10.6. The van der Waals surface area contributed by atoms with Gasteiger partial charge in [0.25, 0.3) is 0 Å². The highest BCUT2D eigenvalue weighted by atomic mass is 16.5. The van der Waals surface area contributed by atoms with Crippen LogP contribution in [-0.4, -0.2) is 51.8 Å². The summed E-state index contributed by atoms with van der Waals surface area (Å²) in [5, 5.41) is 0. The van der Waals surface area contributed by atoms with Gasteiger partial charge in [-0.3, -0.25) is 14.6 Å². The first-order valence-electron chi connectivity index (χ1n) is 11.4. The molecule has 1 aliphatic rings. The van der Waals surface area contributed by atoms with Crippen LogP contribution in [0.3, 0.4) is 0 Å². The molecular formula is C25H33N3O4. The number of Topliss-reactive ketones (excluding diaryl/α,β-unsaturated/α-hetero) is 1. The molecule has 7 nitrogen and oxygen atoms in total. The Morgan fingerprint density at radius 3 is 2.53 bits per heavy atom. The molecule has 0 unspecified atom stereocenters. The first-order valence-corrected chi connectivity index (χ1v) is 11.4. The SMILES string of the molecule is CCOC(=O)c1c(C)c(C(=O)CN(CCc2ccccn2)C(=O)C2CCCC2)c(C)n1C. The second-order valence-corrected chi connectivity index (χ2v) is 8.45. The van der Waals surface area contributed by atoms with Crippen LogP contribution in [0.5, 0.6) is 0 Å². The molecule has 0 spiro atoms. The Morgan fingerprint density at radius 1 is 1.19 bits per heavy atom. The molecule has 0 radical (unpaired) electrons. The van der Waals surface area contributed by atoms with Gasteiger partial charge in [-0.25, -0.2) is 4.79 Å². The lowest BCUT2D eigenvalue weighted by molar-refractivity contribution is -0.134. The highest BCUT2D eigenvalue weighted by molar-refractivity contribution is 6.04. The van der Waals surface area contributed by atoms with Gasteiger partial charge in [-0.1, -0.05) is 18.9 Å². The fourth-order valence-electron chi connectivity index (χ4n) is 4.62. The minimum atomic E-state index is -0.441. The van der Waals surface area contributed by atoms with Crippen molar-refractivity contribution < 1.29 is 19.1 Å². The van der Waals surface area contributed by atoms with E-state index in [1.165, 1.54) is 0 Å². The van der Waals surface area contributed by atoms with E-state index in [0.717, 1.165) is 31.4 Å². The molecule has 0 atom stereocenters. The molecule has 0 bridgehead atoms. The van der Waals surface area contributed by atoms with E-state index in [0.29, 0.717) is 35.5 Å². The molecule has 1 amide bonds. The number of carbonyl (C=O) groups is 3. The maximum absolute atomic E-state index is 13.4. The average Bonchev–Trinajstić information content (AvgIpc) is 3.39. The maximum Gasteiger partial charge on any atom is 0.355 e. The van der Waals surface area contributed by atoms with Crippen LogP contribution in [0.4, 0.5) is 0 Å². The Kier molecular flexibility index (Phi) is 7.83. The summed E-state index contributed by atoms with van der Waals surface area (Å²) in [5.74, 6) is -0.564. The Balaban J connectivity index is 1.83. The summed E-state index contributed by atoms with van der Waals surface area (Å²) in [6, 6.07) is 5.71. The Bertz CT molecular complexity index is 975. The van der Waals surface area contributed by atoms with Gasteiger partial charge in [-0.05, 0) is 51.3 Å². The minimum absolute atomic E-state index is 0.00384. The van der Waals surface area contributed by atoms with Gasteiger partial charge >= 0.3 is 5.97 Å².